The summed E-state index contributed by atoms with van der Waals surface area (Å²) in [5.41, 5.74) is 16.4. The van der Waals surface area contributed by atoms with Crippen molar-refractivity contribution in [2.45, 2.75) is 19.3 Å². The van der Waals surface area contributed by atoms with Gasteiger partial charge in [0, 0.05) is 54.8 Å². The monoisotopic (exact) mass is 743 g/mol. The van der Waals surface area contributed by atoms with Gasteiger partial charge in [0.15, 0.2) is 0 Å². The zero-order valence-corrected chi connectivity index (χ0v) is 32.2. The Morgan fingerprint density at radius 1 is 0.414 bits per heavy atom. The minimum Gasteiger partial charge on any atom is -0.456 e. The van der Waals surface area contributed by atoms with Crippen LogP contribution >= 0.6 is 0 Å². The molecule has 0 N–H and O–H groups in total. The van der Waals surface area contributed by atoms with Crippen molar-refractivity contribution in [2.24, 2.45) is 0 Å². The van der Waals surface area contributed by atoms with Gasteiger partial charge in [0.2, 0.25) is 0 Å². The van der Waals surface area contributed by atoms with Gasteiger partial charge in [0.05, 0.1) is 5.69 Å². The number of rotatable bonds is 5. The summed E-state index contributed by atoms with van der Waals surface area (Å²) in [4.78, 5) is 2.42. The second-order valence-electron chi connectivity index (χ2n) is 16.0. The number of anilines is 3. The number of furan rings is 2. The summed E-state index contributed by atoms with van der Waals surface area (Å²) in [7, 11) is 0. The van der Waals surface area contributed by atoms with E-state index in [-0.39, 0.29) is 5.41 Å². The van der Waals surface area contributed by atoms with Crippen LogP contribution in [-0.2, 0) is 5.41 Å². The predicted molar refractivity (Wildman–Crippen MR) is 242 cm³/mol. The van der Waals surface area contributed by atoms with E-state index >= 15 is 0 Å². The molecule has 0 saturated heterocycles. The maximum absolute atomic E-state index is 7.05. The summed E-state index contributed by atoms with van der Waals surface area (Å²) in [6, 6.07) is 67.5. The molecule has 1 aliphatic carbocycles. The molecule has 11 aromatic rings. The maximum Gasteiger partial charge on any atom is 0.144 e. The van der Waals surface area contributed by atoms with Crippen molar-refractivity contribution in [1.82, 2.24) is 0 Å². The quantitative estimate of drug-likeness (QED) is 0.176. The van der Waals surface area contributed by atoms with E-state index in [0.29, 0.717) is 0 Å². The lowest BCUT2D eigenvalue weighted by Crippen LogP contribution is -2.16. The van der Waals surface area contributed by atoms with Gasteiger partial charge in [0.1, 0.15) is 22.3 Å². The Labute approximate surface area is 336 Å². The Kier molecular flexibility index (Phi) is 6.98. The molecule has 12 rings (SSSR count). The van der Waals surface area contributed by atoms with E-state index < -0.39 is 0 Å². The molecule has 0 fully saturated rings. The van der Waals surface area contributed by atoms with Crippen LogP contribution in [0.15, 0.2) is 197 Å². The molecule has 3 nitrogen and oxygen atoms in total. The molecular formula is C55H37NO2. The van der Waals surface area contributed by atoms with E-state index in [4.69, 9.17) is 8.83 Å². The van der Waals surface area contributed by atoms with Gasteiger partial charge in [-0.25, -0.2) is 0 Å². The van der Waals surface area contributed by atoms with Gasteiger partial charge in [0.25, 0.3) is 0 Å². The lowest BCUT2D eigenvalue weighted by Gasteiger charge is -2.29. The van der Waals surface area contributed by atoms with Crippen LogP contribution in [0, 0.1) is 0 Å². The van der Waals surface area contributed by atoms with E-state index in [9.17, 15) is 0 Å². The van der Waals surface area contributed by atoms with Crippen molar-refractivity contribution in [3.05, 3.63) is 199 Å². The Morgan fingerprint density at radius 2 is 1.09 bits per heavy atom. The second-order valence-corrected chi connectivity index (χ2v) is 16.0. The molecule has 0 saturated carbocycles. The fourth-order valence-corrected chi connectivity index (χ4v) is 9.70. The molecular weight excluding hydrogens is 707 g/mol. The SMILES string of the molecule is CC1(C)c2ccccc2-c2ccc(N(c3ccc(-c4cccc5c4oc4c(-c6ccccc6)c6c(cc45)oc4ccccc46)cc3)c3cccc4ccccc34)cc21. The van der Waals surface area contributed by atoms with Gasteiger partial charge in [-0.2, -0.15) is 0 Å². The van der Waals surface area contributed by atoms with Crippen molar-refractivity contribution < 1.29 is 8.83 Å². The molecule has 0 aliphatic heterocycles. The van der Waals surface area contributed by atoms with E-state index in [1.54, 1.807) is 0 Å². The number of benzene rings is 9. The summed E-state index contributed by atoms with van der Waals surface area (Å²) < 4.78 is 13.5. The average molecular weight is 744 g/mol. The Balaban J connectivity index is 1.03. The number of para-hydroxylation sites is 2. The van der Waals surface area contributed by atoms with Crippen molar-refractivity contribution in [1.29, 1.82) is 0 Å². The topological polar surface area (TPSA) is 29.5 Å². The van der Waals surface area contributed by atoms with Crippen LogP contribution in [0.25, 0.3) is 88.0 Å². The highest BCUT2D eigenvalue weighted by atomic mass is 16.3. The molecule has 0 bridgehead atoms. The minimum atomic E-state index is -0.114. The molecule has 3 heteroatoms. The van der Waals surface area contributed by atoms with Crippen LogP contribution in [0.3, 0.4) is 0 Å². The highest BCUT2D eigenvalue weighted by Gasteiger charge is 2.36. The number of nitrogens with zero attached hydrogens (tertiary/aromatic N) is 1. The second kappa shape index (κ2) is 12.3. The lowest BCUT2D eigenvalue weighted by atomic mass is 9.82. The molecule has 274 valence electrons. The maximum atomic E-state index is 7.05. The Morgan fingerprint density at radius 3 is 1.97 bits per heavy atom. The fraction of sp³-hybridized carbons (Fsp3) is 0.0545. The summed E-state index contributed by atoms with van der Waals surface area (Å²) in [6.07, 6.45) is 0. The minimum absolute atomic E-state index is 0.114. The molecule has 0 spiro atoms. The lowest BCUT2D eigenvalue weighted by molar-refractivity contribution is 0.660. The van der Waals surface area contributed by atoms with E-state index in [0.717, 1.165) is 83.2 Å². The third kappa shape index (κ3) is 4.74. The van der Waals surface area contributed by atoms with Crippen LogP contribution in [0.2, 0.25) is 0 Å². The van der Waals surface area contributed by atoms with Crippen molar-refractivity contribution in [3.8, 4) is 33.4 Å². The molecule has 0 radical (unpaired) electrons. The Bertz CT molecular complexity index is 3420. The third-order valence-corrected chi connectivity index (χ3v) is 12.5. The summed E-state index contributed by atoms with van der Waals surface area (Å²) >= 11 is 0. The van der Waals surface area contributed by atoms with Crippen LogP contribution in [-0.4, -0.2) is 0 Å². The highest BCUT2D eigenvalue weighted by molar-refractivity contribution is 6.24. The molecule has 0 amide bonds. The first-order valence-corrected chi connectivity index (χ1v) is 20.0. The highest BCUT2D eigenvalue weighted by Crippen LogP contribution is 2.51. The zero-order chi connectivity index (χ0) is 38.5. The average Bonchev–Trinajstić information content (AvgIpc) is 3.91. The first-order valence-electron chi connectivity index (χ1n) is 20.0. The predicted octanol–water partition coefficient (Wildman–Crippen LogP) is 15.7. The zero-order valence-electron chi connectivity index (χ0n) is 32.2. The summed E-state index contributed by atoms with van der Waals surface area (Å²) in [5, 5.41) is 6.69. The van der Waals surface area contributed by atoms with Gasteiger partial charge in [-0.3, -0.25) is 0 Å². The number of fused-ring (bicyclic) bond motifs is 10. The van der Waals surface area contributed by atoms with E-state index in [1.165, 1.54) is 33.0 Å². The van der Waals surface area contributed by atoms with Crippen molar-refractivity contribution in [2.75, 3.05) is 4.90 Å². The smallest absolute Gasteiger partial charge is 0.144 e. The first-order chi connectivity index (χ1) is 28.5. The number of hydrogen-bond donors (Lipinski definition) is 0. The molecule has 2 aromatic heterocycles. The molecule has 1 aliphatic rings. The third-order valence-electron chi connectivity index (χ3n) is 12.5. The van der Waals surface area contributed by atoms with Gasteiger partial charge in [-0.05, 0) is 81.2 Å². The molecule has 0 atom stereocenters. The largest absolute Gasteiger partial charge is 0.456 e. The molecule has 2 heterocycles. The van der Waals surface area contributed by atoms with Gasteiger partial charge < -0.3 is 13.7 Å². The van der Waals surface area contributed by atoms with Crippen molar-refractivity contribution >= 4 is 71.7 Å². The van der Waals surface area contributed by atoms with Crippen molar-refractivity contribution in [3.63, 3.8) is 0 Å². The van der Waals surface area contributed by atoms with Crippen LogP contribution in [0.4, 0.5) is 17.1 Å². The normalized spacial score (nSPS) is 13.1. The summed E-state index contributed by atoms with van der Waals surface area (Å²) in [5.74, 6) is 0. The van der Waals surface area contributed by atoms with E-state index in [1.807, 2.05) is 12.1 Å². The first kappa shape index (κ1) is 32.8. The van der Waals surface area contributed by atoms with Crippen LogP contribution in [0.1, 0.15) is 25.0 Å². The van der Waals surface area contributed by atoms with Crippen LogP contribution in [0.5, 0.6) is 0 Å². The standard InChI is InChI=1S/C55H37NO2/c1-55(2)46-23-10-8-19-41(46)42-31-30-38(32-47(42)55)56(48-24-12-17-34-14-6-7-18-39(34)48)37-28-26-35(27-29-37)40-21-13-22-43-45-33-50-52(44-20-9-11-25-49(44)57-50)51(54(45)58-53(40)43)36-15-4-3-5-16-36/h3-33H,1-2H3. The molecule has 9 aromatic carbocycles. The van der Waals surface area contributed by atoms with Gasteiger partial charge in [-0.1, -0.05) is 159 Å². The van der Waals surface area contributed by atoms with Crippen LogP contribution < -0.4 is 4.90 Å². The Hall–Kier alpha value is -7.36. The van der Waals surface area contributed by atoms with E-state index in [2.05, 4.69) is 195 Å². The molecule has 58 heavy (non-hydrogen) atoms. The van der Waals surface area contributed by atoms with Gasteiger partial charge >= 0.3 is 0 Å². The van der Waals surface area contributed by atoms with Gasteiger partial charge in [-0.15, -0.1) is 0 Å². The fourth-order valence-electron chi connectivity index (χ4n) is 9.70. The summed E-state index contributed by atoms with van der Waals surface area (Å²) in [6.45, 7) is 4.69. The number of hydrogen-bond acceptors (Lipinski definition) is 3. The molecule has 0 unspecified atom stereocenters.